The fourth-order valence-corrected chi connectivity index (χ4v) is 2.60. The van der Waals surface area contributed by atoms with Gasteiger partial charge in [0.05, 0.1) is 6.42 Å². The number of carbonyl (C=O) groups excluding carboxylic acids is 1. The minimum atomic E-state index is -0.874. The number of amides is 1. The Bertz CT molecular complexity index is 500. The van der Waals surface area contributed by atoms with Gasteiger partial charge >= 0.3 is 5.97 Å². The third-order valence-corrected chi connectivity index (χ3v) is 3.74. The van der Waals surface area contributed by atoms with E-state index in [1.54, 1.807) is 7.05 Å². The van der Waals surface area contributed by atoms with Crippen LogP contribution >= 0.6 is 0 Å². The van der Waals surface area contributed by atoms with Crippen molar-refractivity contribution < 1.29 is 14.7 Å². The molecule has 1 amide bonds. The van der Waals surface area contributed by atoms with E-state index in [4.69, 9.17) is 5.11 Å². The van der Waals surface area contributed by atoms with Crippen molar-refractivity contribution in [2.45, 2.75) is 46.5 Å². The van der Waals surface area contributed by atoms with Crippen LogP contribution in [0.1, 0.15) is 41.5 Å². The molecule has 0 aliphatic heterocycles. The average molecular weight is 291 g/mol. The van der Waals surface area contributed by atoms with Crippen molar-refractivity contribution in [2.75, 3.05) is 13.6 Å². The second-order valence-electron chi connectivity index (χ2n) is 5.69. The van der Waals surface area contributed by atoms with E-state index < -0.39 is 5.97 Å². The monoisotopic (exact) mass is 291 g/mol. The van der Waals surface area contributed by atoms with Crippen LogP contribution in [-0.2, 0) is 16.0 Å². The lowest BCUT2D eigenvalue weighted by atomic mass is 9.95. The molecule has 1 N–H and O–H groups in total. The molecule has 4 nitrogen and oxygen atoms in total. The molecule has 0 aromatic heterocycles. The molecule has 1 aromatic carbocycles. The Morgan fingerprint density at radius 2 is 1.67 bits per heavy atom. The van der Waals surface area contributed by atoms with Crippen LogP contribution in [0.25, 0.3) is 0 Å². The van der Waals surface area contributed by atoms with Crippen molar-refractivity contribution in [1.82, 2.24) is 4.90 Å². The molecule has 0 saturated heterocycles. The summed E-state index contributed by atoms with van der Waals surface area (Å²) in [7, 11) is 1.66. The zero-order valence-corrected chi connectivity index (χ0v) is 13.4. The fraction of sp³-hybridized carbons (Fsp3) is 0.529. The molecule has 116 valence electrons. The van der Waals surface area contributed by atoms with Crippen molar-refractivity contribution in [3.63, 3.8) is 0 Å². The molecular weight excluding hydrogens is 266 g/mol. The van der Waals surface area contributed by atoms with Gasteiger partial charge in [0.1, 0.15) is 0 Å². The lowest BCUT2D eigenvalue weighted by molar-refractivity contribution is -0.138. The van der Waals surface area contributed by atoms with Gasteiger partial charge in [0.15, 0.2) is 0 Å². The molecule has 0 aliphatic carbocycles. The van der Waals surface area contributed by atoms with Crippen LogP contribution in [-0.4, -0.2) is 35.5 Å². The maximum atomic E-state index is 11.9. The van der Waals surface area contributed by atoms with Gasteiger partial charge in [-0.05, 0) is 50.3 Å². The zero-order chi connectivity index (χ0) is 16.0. The maximum absolute atomic E-state index is 11.9. The molecule has 0 fully saturated rings. The highest BCUT2D eigenvalue weighted by Gasteiger charge is 2.11. The second kappa shape index (κ2) is 7.81. The van der Waals surface area contributed by atoms with Crippen LogP contribution in [0, 0.1) is 20.8 Å². The van der Waals surface area contributed by atoms with E-state index in [0.717, 1.165) is 12.8 Å². The molecule has 4 heteroatoms. The Morgan fingerprint density at radius 1 is 1.10 bits per heavy atom. The van der Waals surface area contributed by atoms with E-state index in [-0.39, 0.29) is 18.9 Å². The number of benzene rings is 1. The highest BCUT2D eigenvalue weighted by atomic mass is 16.4. The molecule has 0 spiro atoms. The van der Waals surface area contributed by atoms with Gasteiger partial charge in [-0.15, -0.1) is 0 Å². The minimum absolute atomic E-state index is 0.00157. The average Bonchev–Trinajstić information content (AvgIpc) is 2.38. The number of hydrogen-bond acceptors (Lipinski definition) is 2. The number of carbonyl (C=O) groups is 2. The standard InChI is InChI=1S/C17H25NO3/c1-12-10-13(2)15(14(3)11-12)6-5-7-16(19)18(4)9-8-17(20)21/h10-11H,5-9H2,1-4H3,(H,20,21). The maximum Gasteiger partial charge on any atom is 0.305 e. The van der Waals surface area contributed by atoms with E-state index in [1.807, 2.05) is 0 Å². The van der Waals surface area contributed by atoms with Gasteiger partial charge in [-0.1, -0.05) is 17.7 Å². The quantitative estimate of drug-likeness (QED) is 0.840. The Hall–Kier alpha value is -1.84. The molecule has 1 rings (SSSR count). The summed E-state index contributed by atoms with van der Waals surface area (Å²) in [6.45, 7) is 6.58. The number of aliphatic carboxylic acids is 1. The number of carboxylic acids is 1. The van der Waals surface area contributed by atoms with E-state index >= 15 is 0 Å². The van der Waals surface area contributed by atoms with Crippen LogP contribution in [0.4, 0.5) is 0 Å². The Balaban J connectivity index is 2.46. The van der Waals surface area contributed by atoms with Gasteiger partial charge in [-0.2, -0.15) is 0 Å². The second-order valence-corrected chi connectivity index (χ2v) is 5.69. The van der Waals surface area contributed by atoms with E-state index in [2.05, 4.69) is 32.9 Å². The number of hydrogen-bond donors (Lipinski definition) is 1. The van der Waals surface area contributed by atoms with Crippen molar-refractivity contribution >= 4 is 11.9 Å². The van der Waals surface area contributed by atoms with E-state index in [1.165, 1.54) is 27.2 Å². The number of aryl methyl sites for hydroxylation is 3. The van der Waals surface area contributed by atoms with Crippen molar-refractivity contribution in [3.05, 3.63) is 34.4 Å². The molecule has 0 atom stereocenters. The summed E-state index contributed by atoms with van der Waals surface area (Å²) in [6.07, 6.45) is 2.14. The fourth-order valence-electron chi connectivity index (χ4n) is 2.60. The van der Waals surface area contributed by atoms with Crippen molar-refractivity contribution in [1.29, 1.82) is 0 Å². The zero-order valence-electron chi connectivity index (χ0n) is 13.4. The molecular formula is C17H25NO3. The predicted octanol–water partition coefficient (Wildman–Crippen LogP) is 2.87. The summed E-state index contributed by atoms with van der Waals surface area (Å²) in [5, 5.41) is 8.61. The van der Waals surface area contributed by atoms with Gasteiger partial charge in [0.25, 0.3) is 0 Å². The molecule has 0 saturated carbocycles. The Morgan fingerprint density at radius 3 is 2.19 bits per heavy atom. The first-order valence-corrected chi connectivity index (χ1v) is 7.33. The summed E-state index contributed by atoms with van der Waals surface area (Å²) in [4.78, 5) is 23.9. The lowest BCUT2D eigenvalue weighted by Gasteiger charge is -2.16. The highest BCUT2D eigenvalue weighted by molar-refractivity contribution is 5.76. The van der Waals surface area contributed by atoms with Gasteiger partial charge < -0.3 is 10.0 Å². The van der Waals surface area contributed by atoms with Gasteiger partial charge in [-0.3, -0.25) is 9.59 Å². The number of nitrogens with zero attached hydrogens (tertiary/aromatic N) is 1. The third kappa shape index (κ3) is 5.58. The SMILES string of the molecule is Cc1cc(C)c(CCCC(=O)N(C)CCC(=O)O)c(C)c1. The van der Waals surface area contributed by atoms with Crippen LogP contribution < -0.4 is 0 Å². The summed E-state index contributed by atoms with van der Waals surface area (Å²) >= 11 is 0. The minimum Gasteiger partial charge on any atom is -0.481 e. The first-order valence-electron chi connectivity index (χ1n) is 7.33. The van der Waals surface area contributed by atoms with Crippen LogP contribution in [0.3, 0.4) is 0 Å². The van der Waals surface area contributed by atoms with Gasteiger partial charge in [-0.25, -0.2) is 0 Å². The summed E-state index contributed by atoms with van der Waals surface area (Å²) in [5.74, 6) is -0.862. The predicted molar refractivity (Wildman–Crippen MR) is 83.5 cm³/mol. The third-order valence-electron chi connectivity index (χ3n) is 3.74. The normalized spacial score (nSPS) is 10.5. The summed E-state index contributed by atoms with van der Waals surface area (Å²) < 4.78 is 0. The van der Waals surface area contributed by atoms with Crippen LogP contribution in [0.15, 0.2) is 12.1 Å². The van der Waals surface area contributed by atoms with Gasteiger partial charge in [0.2, 0.25) is 5.91 Å². The van der Waals surface area contributed by atoms with Gasteiger partial charge in [0, 0.05) is 20.0 Å². The van der Waals surface area contributed by atoms with E-state index in [9.17, 15) is 9.59 Å². The number of carboxylic acid groups (broad SMARTS) is 1. The molecule has 0 bridgehead atoms. The molecule has 0 radical (unpaired) electrons. The molecule has 21 heavy (non-hydrogen) atoms. The first kappa shape index (κ1) is 17.2. The van der Waals surface area contributed by atoms with E-state index in [0.29, 0.717) is 6.42 Å². The molecule has 0 aliphatic rings. The Kier molecular flexibility index (Phi) is 6.40. The van der Waals surface area contributed by atoms with Crippen LogP contribution in [0.5, 0.6) is 0 Å². The molecule has 0 heterocycles. The van der Waals surface area contributed by atoms with Crippen molar-refractivity contribution in [3.8, 4) is 0 Å². The molecule has 1 aromatic rings. The smallest absolute Gasteiger partial charge is 0.305 e. The lowest BCUT2D eigenvalue weighted by Crippen LogP contribution is -2.28. The van der Waals surface area contributed by atoms with Crippen LogP contribution in [0.2, 0.25) is 0 Å². The summed E-state index contributed by atoms with van der Waals surface area (Å²) in [5.41, 5.74) is 5.14. The topological polar surface area (TPSA) is 57.6 Å². The number of rotatable bonds is 7. The largest absolute Gasteiger partial charge is 0.481 e. The van der Waals surface area contributed by atoms with Crippen molar-refractivity contribution in [2.24, 2.45) is 0 Å². The first-order chi connectivity index (χ1) is 9.81. The molecule has 0 unspecified atom stereocenters. The highest BCUT2D eigenvalue weighted by Crippen LogP contribution is 2.18. The summed E-state index contributed by atoms with van der Waals surface area (Å²) in [6, 6.07) is 4.34. The Labute approximate surface area is 126 Å².